The minimum Gasteiger partial charge on any atom is -0.507 e. The number of nitrogens with two attached hydrogens (primary N) is 2. The molecule has 8 heteroatoms. The molecule has 2 rings (SSSR count). The maximum Gasteiger partial charge on any atom is 0.311 e. The zero-order chi connectivity index (χ0) is 15.6. The van der Waals surface area contributed by atoms with Crippen LogP contribution in [-0.4, -0.2) is 52.1 Å². The van der Waals surface area contributed by atoms with Crippen molar-refractivity contribution in [3.8, 4) is 0 Å². The van der Waals surface area contributed by atoms with Crippen LogP contribution in [0, 0.1) is 0 Å². The first-order valence-corrected chi connectivity index (χ1v) is 6.43. The Morgan fingerprint density at radius 3 is 2.90 bits per heavy atom. The zero-order valence-corrected chi connectivity index (χ0v) is 11.8. The first kappa shape index (κ1) is 14.8. The fourth-order valence-corrected chi connectivity index (χ4v) is 2.37. The van der Waals surface area contributed by atoms with Crippen LogP contribution in [0.15, 0.2) is 34.2 Å². The second-order valence-corrected chi connectivity index (χ2v) is 5.18. The molecule has 0 aliphatic carbocycles. The van der Waals surface area contributed by atoms with Crippen LogP contribution in [0.3, 0.4) is 0 Å². The predicted octanol–water partition coefficient (Wildman–Crippen LogP) is -1.01. The third-order valence-electron chi connectivity index (χ3n) is 3.69. The summed E-state index contributed by atoms with van der Waals surface area (Å²) in [5, 5.41) is 13.0. The van der Waals surface area contributed by atoms with Crippen LogP contribution in [0.2, 0.25) is 0 Å². The summed E-state index contributed by atoms with van der Waals surface area (Å²) >= 11 is 0. The minimum absolute atomic E-state index is 0.00862. The van der Waals surface area contributed by atoms with Gasteiger partial charge in [-0.2, -0.15) is 0 Å². The quantitative estimate of drug-likeness (QED) is 0.389. The molecule has 0 bridgehead atoms. The van der Waals surface area contributed by atoms with Crippen molar-refractivity contribution in [1.82, 2.24) is 5.32 Å². The maximum absolute atomic E-state index is 11.7. The monoisotopic (exact) mass is 291 g/mol. The number of amides is 1. The maximum atomic E-state index is 11.7. The SMILES string of the molecule is C=NC(=O)CC([N+]1=C(N)C(N)=NC=C(O)C1)C1(C)C=CN1. The van der Waals surface area contributed by atoms with Gasteiger partial charge in [-0.15, -0.1) is 0 Å². The fraction of sp³-hybridized carbons (Fsp3) is 0.385. The molecular formula is C13H19N6O2+. The Kier molecular flexibility index (Phi) is 3.79. The van der Waals surface area contributed by atoms with Crippen molar-refractivity contribution in [3.63, 3.8) is 0 Å². The number of nitrogens with one attached hydrogen (secondary N) is 1. The molecule has 0 saturated carbocycles. The lowest BCUT2D eigenvalue weighted by Crippen LogP contribution is -2.61. The molecule has 0 radical (unpaired) electrons. The Morgan fingerprint density at radius 2 is 2.38 bits per heavy atom. The first-order chi connectivity index (χ1) is 9.87. The number of amidine groups is 2. The molecule has 2 aliphatic rings. The summed E-state index contributed by atoms with van der Waals surface area (Å²) in [4.78, 5) is 19.0. The molecule has 2 atom stereocenters. The van der Waals surface area contributed by atoms with Crippen molar-refractivity contribution < 1.29 is 14.5 Å². The number of nitrogens with zero attached hydrogens (tertiary/aromatic N) is 3. The lowest BCUT2D eigenvalue weighted by molar-refractivity contribution is -0.568. The third kappa shape index (κ3) is 2.78. The highest BCUT2D eigenvalue weighted by atomic mass is 16.3. The van der Waals surface area contributed by atoms with E-state index >= 15 is 0 Å². The number of carbonyl (C=O) groups is 1. The number of aliphatic hydroxyl groups is 1. The summed E-state index contributed by atoms with van der Waals surface area (Å²) in [6.07, 6.45) is 5.03. The molecule has 0 saturated heterocycles. The molecule has 0 aromatic carbocycles. The van der Waals surface area contributed by atoms with Crippen LogP contribution >= 0.6 is 0 Å². The van der Waals surface area contributed by atoms with Gasteiger partial charge in [-0.1, -0.05) is 0 Å². The van der Waals surface area contributed by atoms with Gasteiger partial charge in [-0.05, 0) is 25.9 Å². The van der Waals surface area contributed by atoms with Crippen molar-refractivity contribution >= 4 is 24.3 Å². The molecule has 0 aromatic heterocycles. The van der Waals surface area contributed by atoms with Crippen molar-refractivity contribution in [2.45, 2.75) is 24.9 Å². The topological polar surface area (TPSA) is 129 Å². The van der Waals surface area contributed by atoms with Gasteiger partial charge in [-0.3, -0.25) is 10.5 Å². The number of aliphatic imine (C=N–C) groups is 2. The summed E-state index contributed by atoms with van der Waals surface area (Å²) in [6.45, 7) is 5.27. The standard InChI is InChI=1S/C13H18N6O2/c1-13(3-4-18-13)9(5-10(21)16-2)19-7-8(20)6-17-11(14)12(19)15/h3-4,6,9,18H,2,5,7H2,1H3,(H4,14,15,17,20)/p+1. The summed E-state index contributed by atoms with van der Waals surface area (Å²) < 4.78 is 1.65. The Balaban J connectivity index is 2.44. The number of hydrogen-bond donors (Lipinski definition) is 4. The van der Waals surface area contributed by atoms with Crippen LogP contribution in [0.25, 0.3) is 0 Å². The van der Waals surface area contributed by atoms with Crippen molar-refractivity contribution in [2.24, 2.45) is 21.5 Å². The molecule has 2 heterocycles. The Labute approximate surface area is 122 Å². The smallest absolute Gasteiger partial charge is 0.311 e. The van der Waals surface area contributed by atoms with Crippen molar-refractivity contribution in [2.75, 3.05) is 6.54 Å². The highest BCUT2D eigenvalue weighted by Crippen LogP contribution is 2.25. The van der Waals surface area contributed by atoms with E-state index in [4.69, 9.17) is 11.5 Å². The summed E-state index contributed by atoms with van der Waals surface area (Å²) in [7, 11) is 0. The molecule has 6 N–H and O–H groups in total. The Bertz CT molecular complexity index is 604. The van der Waals surface area contributed by atoms with E-state index in [2.05, 4.69) is 22.0 Å². The average molecular weight is 291 g/mol. The summed E-state index contributed by atoms with van der Waals surface area (Å²) in [6, 6.07) is -0.386. The summed E-state index contributed by atoms with van der Waals surface area (Å²) in [5.41, 5.74) is 11.3. The molecule has 8 nitrogen and oxygen atoms in total. The minimum atomic E-state index is -0.490. The molecule has 1 amide bonds. The summed E-state index contributed by atoms with van der Waals surface area (Å²) in [5.74, 6) is -0.0517. The number of rotatable bonds is 4. The van der Waals surface area contributed by atoms with Gasteiger partial charge >= 0.3 is 5.84 Å². The lowest BCUT2D eigenvalue weighted by Gasteiger charge is -2.40. The van der Waals surface area contributed by atoms with Crippen molar-refractivity contribution in [1.29, 1.82) is 0 Å². The zero-order valence-electron chi connectivity index (χ0n) is 11.8. The average Bonchev–Trinajstić information content (AvgIpc) is 2.55. The van der Waals surface area contributed by atoms with Crippen LogP contribution in [-0.2, 0) is 4.79 Å². The normalized spacial score (nSPS) is 26.0. The van der Waals surface area contributed by atoms with E-state index in [1.165, 1.54) is 6.20 Å². The largest absolute Gasteiger partial charge is 0.507 e. The fourth-order valence-electron chi connectivity index (χ4n) is 2.37. The molecule has 0 aromatic rings. The van der Waals surface area contributed by atoms with Gasteiger partial charge in [0, 0.05) is 0 Å². The van der Waals surface area contributed by atoms with Gasteiger partial charge in [0.25, 0.3) is 0 Å². The highest BCUT2D eigenvalue weighted by molar-refractivity contribution is 6.37. The molecule has 112 valence electrons. The first-order valence-electron chi connectivity index (χ1n) is 6.43. The van der Waals surface area contributed by atoms with E-state index in [0.717, 1.165) is 0 Å². The van der Waals surface area contributed by atoms with Gasteiger partial charge in [0.15, 0.2) is 5.76 Å². The van der Waals surface area contributed by atoms with Crippen LogP contribution in [0.4, 0.5) is 0 Å². The van der Waals surface area contributed by atoms with E-state index in [9.17, 15) is 9.90 Å². The van der Waals surface area contributed by atoms with E-state index in [1.54, 1.807) is 10.8 Å². The molecular weight excluding hydrogens is 272 g/mol. The predicted molar refractivity (Wildman–Crippen MR) is 80.3 cm³/mol. The highest BCUT2D eigenvalue weighted by Gasteiger charge is 2.43. The molecule has 2 unspecified atom stereocenters. The van der Waals surface area contributed by atoms with Gasteiger partial charge in [-0.25, -0.2) is 14.6 Å². The Morgan fingerprint density at radius 1 is 1.71 bits per heavy atom. The third-order valence-corrected chi connectivity index (χ3v) is 3.69. The van der Waals surface area contributed by atoms with E-state index in [0.29, 0.717) is 0 Å². The lowest BCUT2D eigenvalue weighted by atomic mass is 9.85. The second-order valence-electron chi connectivity index (χ2n) is 5.18. The van der Waals surface area contributed by atoms with Crippen LogP contribution in [0.5, 0.6) is 0 Å². The van der Waals surface area contributed by atoms with E-state index in [1.807, 2.05) is 13.0 Å². The number of aliphatic hydroxyl groups excluding tert-OH is 1. The van der Waals surface area contributed by atoms with Crippen LogP contribution < -0.4 is 16.8 Å². The van der Waals surface area contributed by atoms with Gasteiger partial charge in [0.05, 0.1) is 18.2 Å². The van der Waals surface area contributed by atoms with Crippen LogP contribution in [0.1, 0.15) is 13.3 Å². The second kappa shape index (κ2) is 5.39. The molecule has 2 aliphatic heterocycles. The Hall–Kier alpha value is -2.64. The molecule has 0 fully saturated rings. The van der Waals surface area contributed by atoms with Gasteiger partial charge in [0.1, 0.15) is 12.6 Å². The van der Waals surface area contributed by atoms with Gasteiger partial charge in [0.2, 0.25) is 11.7 Å². The number of carbonyl (C=O) groups excluding carboxylic acids is 1. The van der Waals surface area contributed by atoms with E-state index in [-0.39, 0.29) is 42.3 Å². The van der Waals surface area contributed by atoms with Crippen molar-refractivity contribution in [3.05, 3.63) is 24.2 Å². The molecule has 0 spiro atoms. The number of hydrogen-bond acceptors (Lipinski definition) is 6. The molecule has 21 heavy (non-hydrogen) atoms. The van der Waals surface area contributed by atoms with E-state index < -0.39 is 5.54 Å². The van der Waals surface area contributed by atoms with Gasteiger partial charge < -0.3 is 16.2 Å².